The number of aromatic nitrogens is 1. The molecule has 20 heavy (non-hydrogen) atoms. The maximum absolute atomic E-state index is 11.5. The van der Waals surface area contributed by atoms with Crippen LogP contribution in [0, 0.1) is 0 Å². The lowest BCUT2D eigenvalue weighted by atomic mass is 10.2. The molecule has 2 aromatic rings. The van der Waals surface area contributed by atoms with Gasteiger partial charge in [0.2, 0.25) is 0 Å². The third-order valence-electron chi connectivity index (χ3n) is 2.62. The van der Waals surface area contributed by atoms with E-state index in [1.54, 1.807) is 49.6 Å². The number of rotatable bonds is 5. The molecule has 0 N–H and O–H groups in total. The minimum Gasteiger partial charge on any atom is -0.489 e. The van der Waals surface area contributed by atoms with Crippen LogP contribution in [0.4, 0.5) is 0 Å². The van der Waals surface area contributed by atoms with Gasteiger partial charge in [0.05, 0.1) is 17.2 Å². The van der Waals surface area contributed by atoms with Crippen molar-refractivity contribution < 1.29 is 14.3 Å². The summed E-state index contributed by atoms with van der Waals surface area (Å²) in [4.78, 5) is 15.4. The van der Waals surface area contributed by atoms with E-state index in [1.165, 1.54) is 0 Å². The van der Waals surface area contributed by atoms with Gasteiger partial charge in [-0.3, -0.25) is 4.98 Å². The third-order valence-corrected chi connectivity index (χ3v) is 2.96. The molecule has 0 saturated heterocycles. The predicted molar refractivity (Wildman–Crippen MR) is 76.0 cm³/mol. The van der Waals surface area contributed by atoms with Gasteiger partial charge in [0, 0.05) is 18.0 Å². The number of nitrogens with zero attached hydrogens (tertiary/aromatic N) is 1. The van der Waals surface area contributed by atoms with Crippen LogP contribution < -0.4 is 4.74 Å². The van der Waals surface area contributed by atoms with Crippen LogP contribution >= 0.6 is 11.6 Å². The maximum atomic E-state index is 11.5. The highest BCUT2D eigenvalue weighted by atomic mass is 35.5. The molecule has 0 bridgehead atoms. The van der Waals surface area contributed by atoms with Crippen LogP contribution in [0.2, 0.25) is 5.02 Å². The van der Waals surface area contributed by atoms with Crippen LogP contribution in [-0.4, -0.2) is 17.6 Å². The summed E-state index contributed by atoms with van der Waals surface area (Å²) in [5.41, 5.74) is 1.36. The Morgan fingerprint density at radius 2 is 2.00 bits per heavy atom. The summed E-state index contributed by atoms with van der Waals surface area (Å²) in [5.74, 6) is 0.321. The summed E-state index contributed by atoms with van der Waals surface area (Å²) < 4.78 is 10.5. The second-order valence-electron chi connectivity index (χ2n) is 4.00. The Kier molecular flexibility index (Phi) is 4.96. The van der Waals surface area contributed by atoms with Crippen molar-refractivity contribution in [1.82, 2.24) is 4.98 Å². The van der Waals surface area contributed by atoms with E-state index < -0.39 is 0 Å². The number of pyridine rings is 1. The Hall–Kier alpha value is -2.07. The molecule has 4 nitrogen and oxygen atoms in total. The van der Waals surface area contributed by atoms with Gasteiger partial charge >= 0.3 is 5.97 Å². The highest BCUT2D eigenvalue weighted by Crippen LogP contribution is 2.18. The zero-order chi connectivity index (χ0) is 14.4. The van der Waals surface area contributed by atoms with Crippen LogP contribution in [0.25, 0.3) is 0 Å². The van der Waals surface area contributed by atoms with Gasteiger partial charge in [-0.1, -0.05) is 11.6 Å². The molecular weight excluding hydrogens is 278 g/mol. The van der Waals surface area contributed by atoms with Crippen molar-refractivity contribution in [3.63, 3.8) is 0 Å². The quantitative estimate of drug-likeness (QED) is 0.791. The molecule has 1 heterocycles. The zero-order valence-electron chi connectivity index (χ0n) is 11.0. The Morgan fingerprint density at radius 1 is 1.25 bits per heavy atom. The second kappa shape index (κ2) is 6.91. The van der Waals surface area contributed by atoms with Gasteiger partial charge < -0.3 is 9.47 Å². The van der Waals surface area contributed by atoms with Gasteiger partial charge in [-0.05, 0) is 37.3 Å². The number of hydrogen-bond acceptors (Lipinski definition) is 4. The fourth-order valence-corrected chi connectivity index (χ4v) is 1.76. The van der Waals surface area contributed by atoms with E-state index in [-0.39, 0.29) is 5.97 Å². The first kappa shape index (κ1) is 14.3. The summed E-state index contributed by atoms with van der Waals surface area (Å²) in [5, 5.41) is 0.565. The number of carbonyl (C=O) groups is 1. The summed E-state index contributed by atoms with van der Waals surface area (Å²) in [6.45, 7) is 2.48. The topological polar surface area (TPSA) is 48.4 Å². The summed E-state index contributed by atoms with van der Waals surface area (Å²) >= 11 is 5.99. The van der Waals surface area contributed by atoms with Crippen LogP contribution in [0.15, 0.2) is 42.7 Å². The highest BCUT2D eigenvalue weighted by Gasteiger charge is 2.06. The molecule has 1 aromatic heterocycles. The molecule has 0 aliphatic heterocycles. The van der Waals surface area contributed by atoms with Gasteiger partial charge in [-0.15, -0.1) is 0 Å². The molecular formula is C15H14ClNO3. The van der Waals surface area contributed by atoms with Crippen molar-refractivity contribution in [3.8, 4) is 5.75 Å². The molecule has 0 unspecified atom stereocenters. The lowest BCUT2D eigenvalue weighted by Gasteiger charge is -2.08. The maximum Gasteiger partial charge on any atom is 0.338 e. The molecule has 0 aliphatic rings. The monoisotopic (exact) mass is 291 g/mol. The number of ether oxygens (including phenoxy) is 2. The number of benzene rings is 1. The minimum absolute atomic E-state index is 0.337. The van der Waals surface area contributed by atoms with Crippen LogP contribution in [-0.2, 0) is 11.3 Å². The fourth-order valence-electron chi connectivity index (χ4n) is 1.58. The zero-order valence-corrected chi connectivity index (χ0v) is 11.8. The average Bonchev–Trinajstić information content (AvgIpc) is 2.47. The van der Waals surface area contributed by atoms with Gasteiger partial charge in [-0.25, -0.2) is 4.79 Å². The molecule has 0 spiro atoms. The smallest absolute Gasteiger partial charge is 0.338 e. The summed E-state index contributed by atoms with van der Waals surface area (Å²) in [7, 11) is 0. The van der Waals surface area contributed by atoms with E-state index in [0.717, 1.165) is 5.56 Å². The van der Waals surface area contributed by atoms with Crippen LogP contribution in [0.5, 0.6) is 5.75 Å². The number of halogens is 1. The molecule has 2 rings (SSSR count). The summed E-state index contributed by atoms with van der Waals surface area (Å²) in [6.07, 6.45) is 3.23. The number of carbonyl (C=O) groups excluding carboxylic acids is 1. The molecule has 0 amide bonds. The van der Waals surface area contributed by atoms with E-state index in [1.807, 2.05) is 0 Å². The largest absolute Gasteiger partial charge is 0.489 e. The lowest BCUT2D eigenvalue weighted by molar-refractivity contribution is 0.0526. The Bertz CT molecular complexity index is 584. The third kappa shape index (κ3) is 3.71. The van der Waals surface area contributed by atoms with Gasteiger partial charge in [0.1, 0.15) is 12.4 Å². The first-order valence-electron chi connectivity index (χ1n) is 6.19. The Balaban J connectivity index is 1.98. The van der Waals surface area contributed by atoms with Crippen molar-refractivity contribution >= 4 is 17.6 Å². The normalized spacial score (nSPS) is 10.1. The minimum atomic E-state index is -0.337. The van der Waals surface area contributed by atoms with Crippen molar-refractivity contribution in [2.45, 2.75) is 13.5 Å². The fraction of sp³-hybridized carbons (Fsp3) is 0.200. The van der Waals surface area contributed by atoms with Crippen molar-refractivity contribution in [2.24, 2.45) is 0 Å². The SMILES string of the molecule is CCOC(=O)c1ccc(OCc2ccncc2Cl)cc1. The van der Waals surface area contributed by atoms with Crippen molar-refractivity contribution in [2.75, 3.05) is 6.61 Å². The Morgan fingerprint density at radius 3 is 2.65 bits per heavy atom. The molecule has 104 valence electrons. The molecule has 0 aliphatic carbocycles. The van der Waals surface area contributed by atoms with Crippen molar-refractivity contribution in [3.05, 3.63) is 58.9 Å². The van der Waals surface area contributed by atoms with E-state index >= 15 is 0 Å². The first-order valence-corrected chi connectivity index (χ1v) is 6.57. The summed E-state index contributed by atoms with van der Waals surface area (Å²) in [6, 6.07) is 8.58. The molecule has 0 atom stereocenters. The first-order chi connectivity index (χ1) is 9.70. The molecule has 0 radical (unpaired) electrons. The molecule has 1 aromatic carbocycles. The lowest BCUT2D eigenvalue weighted by Crippen LogP contribution is -2.04. The van der Waals surface area contributed by atoms with Crippen LogP contribution in [0.1, 0.15) is 22.8 Å². The highest BCUT2D eigenvalue weighted by molar-refractivity contribution is 6.31. The van der Waals surface area contributed by atoms with Crippen LogP contribution in [0.3, 0.4) is 0 Å². The number of hydrogen-bond donors (Lipinski definition) is 0. The molecule has 5 heteroatoms. The van der Waals surface area contributed by atoms with E-state index in [4.69, 9.17) is 21.1 Å². The standard InChI is InChI=1S/C15H14ClNO3/c1-2-19-15(18)11-3-5-13(6-4-11)20-10-12-7-8-17-9-14(12)16/h3-9H,2,10H2,1H3. The van der Waals surface area contributed by atoms with Crippen molar-refractivity contribution in [1.29, 1.82) is 0 Å². The second-order valence-corrected chi connectivity index (χ2v) is 4.41. The average molecular weight is 292 g/mol. The Labute approximate surface area is 122 Å². The molecule has 0 fully saturated rings. The molecule has 0 saturated carbocycles. The van der Waals surface area contributed by atoms with Gasteiger partial charge in [-0.2, -0.15) is 0 Å². The van der Waals surface area contributed by atoms with E-state index in [2.05, 4.69) is 4.98 Å². The van der Waals surface area contributed by atoms with E-state index in [9.17, 15) is 4.79 Å². The predicted octanol–water partition coefficient (Wildman–Crippen LogP) is 3.49. The van der Waals surface area contributed by atoms with E-state index in [0.29, 0.717) is 29.5 Å². The van der Waals surface area contributed by atoms with Gasteiger partial charge in [0.15, 0.2) is 0 Å². The van der Waals surface area contributed by atoms with Gasteiger partial charge in [0.25, 0.3) is 0 Å². The number of esters is 1.